The SMILES string of the molecule is Cc1cc(C)n([C@@H](CNC(=O)Nc2ccc3c(c2)OCO3)c2ccsc2)n1. The number of nitrogens with one attached hydrogen (secondary N) is 2. The summed E-state index contributed by atoms with van der Waals surface area (Å²) in [6.45, 7) is 4.62. The molecule has 1 aliphatic rings. The molecule has 2 aromatic heterocycles. The summed E-state index contributed by atoms with van der Waals surface area (Å²) in [4.78, 5) is 12.4. The lowest BCUT2D eigenvalue weighted by Gasteiger charge is -2.19. The van der Waals surface area contributed by atoms with Crippen LogP contribution in [0.15, 0.2) is 41.1 Å². The predicted molar refractivity (Wildman–Crippen MR) is 104 cm³/mol. The van der Waals surface area contributed by atoms with Crippen molar-refractivity contribution in [1.29, 1.82) is 0 Å². The topological polar surface area (TPSA) is 77.4 Å². The molecule has 27 heavy (non-hydrogen) atoms. The van der Waals surface area contributed by atoms with Crippen LogP contribution < -0.4 is 20.1 Å². The summed E-state index contributed by atoms with van der Waals surface area (Å²) in [6.07, 6.45) is 0. The number of carbonyl (C=O) groups is 1. The standard InChI is InChI=1S/C19H20N4O3S/c1-12-7-13(2)23(22-12)16(14-5-6-27-10-14)9-20-19(24)21-15-3-4-17-18(8-15)26-11-25-17/h3-8,10,16H,9,11H2,1-2H3,(H2,20,21,24)/t16-/m0/s1. The summed E-state index contributed by atoms with van der Waals surface area (Å²) in [5.74, 6) is 1.31. The maximum Gasteiger partial charge on any atom is 0.319 e. The number of rotatable bonds is 5. The molecular formula is C19H20N4O3S. The van der Waals surface area contributed by atoms with E-state index in [9.17, 15) is 4.79 Å². The molecule has 3 aromatic rings. The molecule has 0 saturated heterocycles. The highest BCUT2D eigenvalue weighted by Crippen LogP contribution is 2.34. The number of aryl methyl sites for hydroxylation is 2. The summed E-state index contributed by atoms with van der Waals surface area (Å²) in [5.41, 5.74) is 3.78. The third-order valence-electron chi connectivity index (χ3n) is 4.35. The second-order valence-electron chi connectivity index (χ2n) is 6.35. The van der Waals surface area contributed by atoms with Crippen molar-refractivity contribution in [2.45, 2.75) is 19.9 Å². The van der Waals surface area contributed by atoms with Gasteiger partial charge in [-0.25, -0.2) is 4.79 Å². The second kappa shape index (κ2) is 7.32. The lowest BCUT2D eigenvalue weighted by Crippen LogP contribution is -2.35. The fourth-order valence-corrected chi connectivity index (χ4v) is 3.82. The Morgan fingerprint density at radius 1 is 1.26 bits per heavy atom. The van der Waals surface area contributed by atoms with Crippen molar-refractivity contribution in [3.8, 4) is 11.5 Å². The number of carbonyl (C=O) groups excluding carboxylic acids is 1. The maximum atomic E-state index is 12.4. The zero-order chi connectivity index (χ0) is 18.8. The Kier molecular flexibility index (Phi) is 4.72. The molecule has 0 spiro atoms. The average molecular weight is 384 g/mol. The molecule has 0 saturated carbocycles. The van der Waals surface area contributed by atoms with Gasteiger partial charge in [-0.15, -0.1) is 0 Å². The summed E-state index contributed by atoms with van der Waals surface area (Å²) in [5, 5.41) is 14.5. The molecule has 0 fully saturated rings. The van der Waals surface area contributed by atoms with Crippen LogP contribution in [0.25, 0.3) is 0 Å². The normalized spacial score (nSPS) is 13.4. The summed E-state index contributed by atoms with van der Waals surface area (Å²) in [7, 11) is 0. The van der Waals surface area contributed by atoms with Gasteiger partial charge in [0.1, 0.15) is 0 Å². The Morgan fingerprint density at radius 3 is 2.85 bits per heavy atom. The third-order valence-corrected chi connectivity index (χ3v) is 5.06. The molecule has 8 heteroatoms. The molecule has 0 unspecified atom stereocenters. The molecule has 7 nitrogen and oxygen atoms in total. The predicted octanol–water partition coefficient (Wildman–Crippen LogP) is 3.70. The molecule has 2 N–H and O–H groups in total. The number of fused-ring (bicyclic) bond motifs is 1. The molecule has 140 valence electrons. The van der Waals surface area contributed by atoms with E-state index in [4.69, 9.17) is 9.47 Å². The van der Waals surface area contributed by atoms with E-state index in [1.807, 2.05) is 30.0 Å². The number of ether oxygens (including phenoxy) is 2. The molecular weight excluding hydrogens is 364 g/mol. The molecule has 0 bridgehead atoms. The number of amides is 2. The molecule has 3 heterocycles. The second-order valence-corrected chi connectivity index (χ2v) is 7.13. The fraction of sp³-hybridized carbons (Fsp3) is 0.263. The van der Waals surface area contributed by atoms with Gasteiger partial charge in [-0.3, -0.25) is 4.68 Å². The van der Waals surface area contributed by atoms with Gasteiger partial charge in [0, 0.05) is 24.0 Å². The molecule has 4 rings (SSSR count). The van der Waals surface area contributed by atoms with Crippen LogP contribution in [0.3, 0.4) is 0 Å². The van der Waals surface area contributed by atoms with Gasteiger partial charge in [0.05, 0.1) is 11.7 Å². The number of aromatic nitrogens is 2. The Bertz CT molecular complexity index is 952. The lowest BCUT2D eigenvalue weighted by molar-refractivity contribution is 0.174. The van der Waals surface area contributed by atoms with Crippen molar-refractivity contribution in [2.24, 2.45) is 0 Å². The molecule has 0 aliphatic carbocycles. The maximum absolute atomic E-state index is 12.4. The number of thiophene rings is 1. The van der Waals surface area contributed by atoms with Crippen molar-refractivity contribution < 1.29 is 14.3 Å². The quantitative estimate of drug-likeness (QED) is 0.703. The van der Waals surface area contributed by atoms with Crippen LogP contribution in [0.5, 0.6) is 11.5 Å². The van der Waals surface area contributed by atoms with E-state index >= 15 is 0 Å². The number of benzene rings is 1. The first-order chi connectivity index (χ1) is 13.1. The van der Waals surface area contributed by atoms with Crippen LogP contribution in [0.4, 0.5) is 10.5 Å². The number of anilines is 1. The summed E-state index contributed by atoms with van der Waals surface area (Å²) in [6, 6.07) is 9.06. The molecule has 1 aromatic carbocycles. The molecule has 0 radical (unpaired) electrons. The number of nitrogens with zero attached hydrogens (tertiary/aromatic N) is 2. The highest BCUT2D eigenvalue weighted by atomic mass is 32.1. The number of hydrogen-bond donors (Lipinski definition) is 2. The minimum atomic E-state index is -0.282. The van der Waals surface area contributed by atoms with Crippen LogP contribution in [0.2, 0.25) is 0 Å². The summed E-state index contributed by atoms with van der Waals surface area (Å²) < 4.78 is 12.6. The van der Waals surface area contributed by atoms with Gasteiger partial charge in [-0.2, -0.15) is 16.4 Å². The first-order valence-corrected chi connectivity index (χ1v) is 9.54. The zero-order valence-corrected chi connectivity index (χ0v) is 15.9. The Labute approximate surface area is 160 Å². The number of hydrogen-bond acceptors (Lipinski definition) is 5. The van der Waals surface area contributed by atoms with Gasteiger partial charge in [0.2, 0.25) is 6.79 Å². The van der Waals surface area contributed by atoms with Crippen LogP contribution in [-0.2, 0) is 0 Å². The van der Waals surface area contributed by atoms with E-state index in [0.717, 1.165) is 17.0 Å². The minimum Gasteiger partial charge on any atom is -0.454 e. The minimum absolute atomic E-state index is 0.0625. The van der Waals surface area contributed by atoms with Crippen molar-refractivity contribution in [2.75, 3.05) is 18.7 Å². The highest BCUT2D eigenvalue weighted by Gasteiger charge is 2.19. The molecule has 1 atom stereocenters. The summed E-state index contributed by atoms with van der Waals surface area (Å²) >= 11 is 1.63. The number of urea groups is 1. The van der Waals surface area contributed by atoms with Gasteiger partial charge < -0.3 is 20.1 Å². The third kappa shape index (κ3) is 3.75. The van der Waals surface area contributed by atoms with E-state index in [2.05, 4.69) is 27.2 Å². The van der Waals surface area contributed by atoms with E-state index < -0.39 is 0 Å². The van der Waals surface area contributed by atoms with E-state index in [0.29, 0.717) is 23.7 Å². The van der Waals surface area contributed by atoms with Crippen molar-refractivity contribution >= 4 is 23.1 Å². The fourth-order valence-electron chi connectivity index (χ4n) is 3.11. The lowest BCUT2D eigenvalue weighted by atomic mass is 10.1. The largest absolute Gasteiger partial charge is 0.454 e. The zero-order valence-electron chi connectivity index (χ0n) is 15.1. The van der Waals surface area contributed by atoms with Crippen LogP contribution in [0, 0.1) is 13.8 Å². The van der Waals surface area contributed by atoms with Crippen LogP contribution in [-0.4, -0.2) is 29.1 Å². The van der Waals surface area contributed by atoms with Crippen molar-refractivity contribution in [1.82, 2.24) is 15.1 Å². The van der Waals surface area contributed by atoms with Gasteiger partial charge in [0.15, 0.2) is 11.5 Å². The van der Waals surface area contributed by atoms with Gasteiger partial charge >= 0.3 is 6.03 Å². The first kappa shape index (κ1) is 17.4. The van der Waals surface area contributed by atoms with E-state index in [-0.39, 0.29) is 18.9 Å². The Morgan fingerprint density at radius 2 is 2.11 bits per heavy atom. The van der Waals surface area contributed by atoms with E-state index in [1.54, 1.807) is 29.5 Å². The first-order valence-electron chi connectivity index (χ1n) is 8.59. The Balaban J connectivity index is 1.44. The van der Waals surface area contributed by atoms with Gasteiger partial charge in [-0.05, 0) is 54.4 Å². The monoisotopic (exact) mass is 384 g/mol. The molecule has 1 aliphatic heterocycles. The van der Waals surface area contributed by atoms with Gasteiger partial charge in [-0.1, -0.05) is 0 Å². The van der Waals surface area contributed by atoms with Gasteiger partial charge in [0.25, 0.3) is 0 Å². The van der Waals surface area contributed by atoms with E-state index in [1.165, 1.54) is 0 Å². The molecule has 2 amide bonds. The Hall–Kier alpha value is -3.00. The van der Waals surface area contributed by atoms with Crippen LogP contribution in [0.1, 0.15) is 23.0 Å². The smallest absolute Gasteiger partial charge is 0.319 e. The average Bonchev–Trinajstić information content (AvgIpc) is 3.37. The van der Waals surface area contributed by atoms with Crippen molar-refractivity contribution in [3.63, 3.8) is 0 Å². The van der Waals surface area contributed by atoms with Crippen LogP contribution >= 0.6 is 11.3 Å². The van der Waals surface area contributed by atoms with Crippen molar-refractivity contribution in [3.05, 3.63) is 58.0 Å². The highest BCUT2D eigenvalue weighted by molar-refractivity contribution is 7.08.